The van der Waals surface area contributed by atoms with Crippen LogP contribution < -0.4 is 0 Å². The number of carbonyl (C=O) groups excluding carboxylic acids is 1. The van der Waals surface area contributed by atoms with Crippen molar-refractivity contribution in [3.05, 3.63) is 59.0 Å². The molecule has 0 aliphatic heterocycles. The number of allylic oxidation sites excluding steroid dienone is 3. The first-order valence-corrected chi connectivity index (χ1v) is 11.1. The third kappa shape index (κ3) is 5.64. The summed E-state index contributed by atoms with van der Waals surface area (Å²) in [4.78, 5) is 23.9. The maximum absolute atomic E-state index is 12.4. The first kappa shape index (κ1) is 21.5. The van der Waals surface area contributed by atoms with Gasteiger partial charge in [-0.3, -0.25) is 9.59 Å². The molecule has 0 saturated carbocycles. The Morgan fingerprint density at radius 2 is 1.97 bits per heavy atom. The molecule has 3 atom stereocenters. The van der Waals surface area contributed by atoms with Crippen LogP contribution in [0.4, 0.5) is 0 Å². The van der Waals surface area contributed by atoms with Gasteiger partial charge in [0.2, 0.25) is 0 Å². The van der Waals surface area contributed by atoms with Crippen LogP contribution in [0.1, 0.15) is 56.4 Å². The summed E-state index contributed by atoms with van der Waals surface area (Å²) >= 11 is 1.57. The van der Waals surface area contributed by atoms with Gasteiger partial charge in [0.15, 0.2) is 5.78 Å². The SMILES string of the molecule is CC1=CC(=O)[C@H](C=C[C@@H](O)c2cc3ccccc3s2)[C@H]1CCCCCCC(=O)O. The van der Waals surface area contributed by atoms with Crippen molar-refractivity contribution in [2.24, 2.45) is 11.8 Å². The van der Waals surface area contributed by atoms with Gasteiger partial charge in [-0.15, -0.1) is 11.3 Å². The number of carbonyl (C=O) groups is 2. The molecule has 1 aliphatic carbocycles. The Hall–Kier alpha value is -2.24. The summed E-state index contributed by atoms with van der Waals surface area (Å²) in [7, 11) is 0. The van der Waals surface area contributed by atoms with E-state index in [0.29, 0.717) is 6.42 Å². The smallest absolute Gasteiger partial charge is 0.303 e. The van der Waals surface area contributed by atoms with Crippen molar-refractivity contribution in [2.45, 2.75) is 51.6 Å². The van der Waals surface area contributed by atoms with Crippen LogP contribution in [0.2, 0.25) is 0 Å². The van der Waals surface area contributed by atoms with Crippen molar-refractivity contribution >= 4 is 33.2 Å². The maximum atomic E-state index is 12.4. The number of rotatable bonds is 10. The molecule has 0 saturated heterocycles. The van der Waals surface area contributed by atoms with Crippen molar-refractivity contribution in [2.75, 3.05) is 0 Å². The van der Waals surface area contributed by atoms with E-state index in [-0.39, 0.29) is 24.0 Å². The van der Waals surface area contributed by atoms with Gasteiger partial charge in [0.1, 0.15) is 6.10 Å². The number of hydrogen-bond donors (Lipinski definition) is 2. The van der Waals surface area contributed by atoms with E-state index in [2.05, 4.69) is 0 Å². The zero-order chi connectivity index (χ0) is 20.8. The molecule has 2 N–H and O–H groups in total. The van der Waals surface area contributed by atoms with E-state index in [4.69, 9.17) is 5.11 Å². The average molecular weight is 413 g/mol. The second kappa shape index (κ2) is 9.99. The number of aliphatic carboxylic acids is 1. The molecule has 0 amide bonds. The molecular formula is C24H28O4S. The van der Waals surface area contributed by atoms with E-state index >= 15 is 0 Å². The number of fused-ring (bicyclic) bond motifs is 1. The Morgan fingerprint density at radius 1 is 1.21 bits per heavy atom. The highest BCUT2D eigenvalue weighted by atomic mass is 32.1. The molecule has 1 aromatic heterocycles. The molecular weight excluding hydrogens is 384 g/mol. The largest absolute Gasteiger partial charge is 0.481 e. The number of benzene rings is 1. The van der Waals surface area contributed by atoms with E-state index < -0.39 is 12.1 Å². The van der Waals surface area contributed by atoms with Crippen LogP contribution in [0.15, 0.2) is 54.1 Å². The summed E-state index contributed by atoms with van der Waals surface area (Å²) in [6, 6.07) is 10.1. The van der Waals surface area contributed by atoms with Crippen molar-refractivity contribution in [3.63, 3.8) is 0 Å². The number of hydrogen-bond acceptors (Lipinski definition) is 4. The number of carboxylic acids is 1. The standard InChI is InChI=1S/C24H28O4S/c1-16-14-21(26)19(18(16)9-4-2-3-5-11-24(27)28)12-13-20(25)23-15-17-8-6-7-10-22(17)29-23/h6-8,10,12-15,18-20,25H,2-5,9,11H2,1H3,(H,27,28)/t18-,19+,20+/m0/s1. The number of thiophene rings is 1. The van der Waals surface area contributed by atoms with E-state index in [1.54, 1.807) is 23.5 Å². The second-order valence-electron chi connectivity index (χ2n) is 7.79. The highest BCUT2D eigenvalue weighted by Gasteiger charge is 2.31. The fraction of sp³-hybridized carbons (Fsp3) is 0.417. The summed E-state index contributed by atoms with van der Waals surface area (Å²) in [5.74, 6) is -0.670. The number of unbranched alkanes of at least 4 members (excludes halogenated alkanes) is 3. The van der Waals surface area contributed by atoms with Crippen LogP contribution in [-0.2, 0) is 9.59 Å². The van der Waals surface area contributed by atoms with Gasteiger partial charge in [-0.2, -0.15) is 0 Å². The fourth-order valence-corrected chi connectivity index (χ4v) is 5.04. The molecule has 1 heterocycles. The van der Waals surface area contributed by atoms with Crippen molar-refractivity contribution in [1.82, 2.24) is 0 Å². The topological polar surface area (TPSA) is 74.6 Å². The molecule has 1 aliphatic rings. The van der Waals surface area contributed by atoms with Gasteiger partial charge in [0.05, 0.1) is 0 Å². The molecule has 0 spiro atoms. The summed E-state index contributed by atoms with van der Waals surface area (Å²) in [6.07, 6.45) is 9.35. The Morgan fingerprint density at radius 3 is 2.72 bits per heavy atom. The van der Waals surface area contributed by atoms with Crippen LogP contribution in [0, 0.1) is 11.8 Å². The molecule has 5 heteroatoms. The third-order valence-electron chi connectivity index (χ3n) is 5.61. The van der Waals surface area contributed by atoms with Gasteiger partial charge >= 0.3 is 5.97 Å². The Bertz CT molecular complexity index is 891. The molecule has 1 aromatic carbocycles. The summed E-state index contributed by atoms with van der Waals surface area (Å²) in [6.45, 7) is 2.00. The Kier molecular flexibility index (Phi) is 7.40. The van der Waals surface area contributed by atoms with Gasteiger partial charge in [0.25, 0.3) is 0 Å². The van der Waals surface area contributed by atoms with E-state index in [9.17, 15) is 14.7 Å². The number of carboxylic acid groups (broad SMARTS) is 1. The van der Waals surface area contributed by atoms with Crippen LogP contribution >= 0.6 is 11.3 Å². The third-order valence-corrected chi connectivity index (χ3v) is 6.80. The highest BCUT2D eigenvalue weighted by molar-refractivity contribution is 7.19. The van der Waals surface area contributed by atoms with Gasteiger partial charge in [-0.1, -0.05) is 55.2 Å². The molecule has 4 nitrogen and oxygen atoms in total. The second-order valence-corrected chi connectivity index (χ2v) is 8.90. The van der Waals surface area contributed by atoms with Crippen LogP contribution in [-0.4, -0.2) is 22.0 Å². The van der Waals surface area contributed by atoms with Crippen LogP contribution in [0.5, 0.6) is 0 Å². The zero-order valence-corrected chi connectivity index (χ0v) is 17.5. The van der Waals surface area contributed by atoms with Gasteiger partial charge in [-0.25, -0.2) is 0 Å². The lowest BCUT2D eigenvalue weighted by Gasteiger charge is -2.18. The number of aliphatic hydroxyl groups excluding tert-OH is 1. The van der Waals surface area contributed by atoms with E-state index in [0.717, 1.165) is 46.2 Å². The normalized spacial score (nSPS) is 20.5. The molecule has 29 heavy (non-hydrogen) atoms. The van der Waals surface area contributed by atoms with Crippen molar-refractivity contribution in [3.8, 4) is 0 Å². The average Bonchev–Trinajstić information content (AvgIpc) is 3.23. The molecule has 0 radical (unpaired) electrons. The minimum Gasteiger partial charge on any atom is -0.481 e. The fourth-order valence-electron chi connectivity index (χ4n) is 4.01. The monoisotopic (exact) mass is 412 g/mol. The Labute approximate surface area is 175 Å². The zero-order valence-electron chi connectivity index (χ0n) is 16.7. The van der Waals surface area contributed by atoms with Gasteiger partial charge < -0.3 is 10.2 Å². The predicted molar refractivity (Wildman–Crippen MR) is 117 cm³/mol. The van der Waals surface area contributed by atoms with E-state index in [1.165, 1.54) is 0 Å². The maximum Gasteiger partial charge on any atom is 0.303 e. The first-order chi connectivity index (χ1) is 14.0. The number of ketones is 1. The van der Waals surface area contributed by atoms with Crippen LogP contribution in [0.25, 0.3) is 10.1 Å². The quantitative estimate of drug-likeness (QED) is 0.389. The first-order valence-electron chi connectivity index (χ1n) is 10.2. The number of aliphatic hydroxyl groups is 1. The molecule has 0 unspecified atom stereocenters. The highest BCUT2D eigenvalue weighted by Crippen LogP contribution is 2.36. The lowest BCUT2D eigenvalue weighted by Crippen LogP contribution is -2.15. The summed E-state index contributed by atoms with van der Waals surface area (Å²) in [5.41, 5.74) is 1.10. The summed E-state index contributed by atoms with van der Waals surface area (Å²) in [5, 5.41) is 20.4. The summed E-state index contributed by atoms with van der Waals surface area (Å²) < 4.78 is 1.14. The lowest BCUT2D eigenvalue weighted by molar-refractivity contribution is -0.137. The molecule has 3 rings (SSSR count). The van der Waals surface area contributed by atoms with Crippen molar-refractivity contribution < 1.29 is 19.8 Å². The van der Waals surface area contributed by atoms with Gasteiger partial charge in [0, 0.05) is 21.9 Å². The molecule has 2 aromatic rings. The minimum atomic E-state index is -0.743. The molecule has 154 valence electrons. The molecule has 0 bridgehead atoms. The van der Waals surface area contributed by atoms with Gasteiger partial charge in [-0.05, 0) is 49.3 Å². The predicted octanol–water partition coefficient (Wildman–Crippen LogP) is 5.68. The minimum absolute atomic E-state index is 0.109. The van der Waals surface area contributed by atoms with Crippen molar-refractivity contribution in [1.29, 1.82) is 0 Å². The Balaban J connectivity index is 1.57. The van der Waals surface area contributed by atoms with E-state index in [1.807, 2.05) is 43.3 Å². The lowest BCUT2D eigenvalue weighted by atomic mass is 9.86. The van der Waals surface area contributed by atoms with Crippen LogP contribution in [0.3, 0.4) is 0 Å². The molecule has 0 fully saturated rings.